The Labute approximate surface area is 146 Å². The van der Waals surface area contributed by atoms with Gasteiger partial charge in [0.25, 0.3) is 5.91 Å². The summed E-state index contributed by atoms with van der Waals surface area (Å²) in [7, 11) is 2.07. The molecule has 0 radical (unpaired) electrons. The number of hydrogen-bond acceptors (Lipinski definition) is 5. The lowest BCUT2D eigenvalue weighted by atomic mass is 10.1. The van der Waals surface area contributed by atoms with Crippen molar-refractivity contribution < 1.29 is 13.9 Å². The minimum absolute atomic E-state index is 0.0313. The van der Waals surface area contributed by atoms with E-state index in [1.807, 2.05) is 13.8 Å². The Bertz CT molecular complexity index is 828. The molecule has 134 valence electrons. The Morgan fingerprint density at radius 2 is 2.20 bits per heavy atom. The molecule has 1 N–H and O–H groups in total. The second kappa shape index (κ2) is 7.27. The van der Waals surface area contributed by atoms with Gasteiger partial charge in [0.2, 0.25) is 0 Å². The maximum absolute atomic E-state index is 12.4. The zero-order valence-corrected chi connectivity index (χ0v) is 14.9. The molecule has 3 rings (SSSR count). The van der Waals surface area contributed by atoms with Crippen molar-refractivity contribution in [3.63, 3.8) is 0 Å². The summed E-state index contributed by atoms with van der Waals surface area (Å²) in [5.74, 6) is 0.679. The number of rotatable bonds is 5. The van der Waals surface area contributed by atoms with E-state index in [0.717, 1.165) is 19.5 Å². The van der Waals surface area contributed by atoms with Crippen molar-refractivity contribution in [1.82, 2.24) is 10.2 Å². The van der Waals surface area contributed by atoms with Crippen LogP contribution in [0.25, 0.3) is 11.0 Å². The molecule has 2 heterocycles. The summed E-state index contributed by atoms with van der Waals surface area (Å²) >= 11 is 0. The molecule has 2 aromatic rings. The fraction of sp³-hybridized carbons (Fsp3) is 0.474. The maximum atomic E-state index is 12.4. The first-order valence-corrected chi connectivity index (χ1v) is 8.63. The minimum Gasteiger partial charge on any atom is -0.491 e. The summed E-state index contributed by atoms with van der Waals surface area (Å²) in [6, 6.07) is 6.85. The molecule has 0 bridgehead atoms. The van der Waals surface area contributed by atoms with E-state index in [2.05, 4.69) is 17.3 Å². The van der Waals surface area contributed by atoms with Crippen molar-refractivity contribution in [2.75, 3.05) is 26.7 Å². The highest BCUT2D eigenvalue weighted by Gasteiger charge is 2.21. The van der Waals surface area contributed by atoms with Gasteiger partial charge in [-0.1, -0.05) is 0 Å². The number of carbonyl (C=O) groups is 1. The van der Waals surface area contributed by atoms with Crippen LogP contribution >= 0.6 is 0 Å². The minimum atomic E-state index is -0.629. The van der Waals surface area contributed by atoms with Crippen LogP contribution in [0.2, 0.25) is 0 Å². The molecule has 1 aromatic carbocycles. The Morgan fingerprint density at radius 3 is 2.88 bits per heavy atom. The van der Waals surface area contributed by atoms with Crippen molar-refractivity contribution >= 4 is 16.9 Å². The normalized spacial score (nSPS) is 18.0. The van der Waals surface area contributed by atoms with Gasteiger partial charge in [0.05, 0.1) is 6.10 Å². The molecule has 6 nitrogen and oxygen atoms in total. The van der Waals surface area contributed by atoms with Crippen molar-refractivity contribution in [2.45, 2.75) is 26.4 Å². The monoisotopic (exact) mass is 344 g/mol. The Balaban J connectivity index is 1.76. The number of fused-ring (bicyclic) bond motifs is 1. The summed E-state index contributed by atoms with van der Waals surface area (Å²) < 4.78 is 10.9. The number of ether oxygens (including phenoxy) is 1. The summed E-state index contributed by atoms with van der Waals surface area (Å²) in [4.78, 5) is 26.8. The number of amides is 1. The quantitative estimate of drug-likeness (QED) is 0.843. The lowest BCUT2D eigenvalue weighted by Crippen LogP contribution is -2.33. The number of nitrogens with zero attached hydrogens (tertiary/aromatic N) is 1. The van der Waals surface area contributed by atoms with Crippen LogP contribution in [0.4, 0.5) is 0 Å². The average Bonchev–Trinajstić information content (AvgIpc) is 2.97. The molecule has 6 heteroatoms. The van der Waals surface area contributed by atoms with Gasteiger partial charge in [0.1, 0.15) is 16.9 Å². The van der Waals surface area contributed by atoms with E-state index in [1.54, 1.807) is 24.3 Å². The number of hydrogen-bond donors (Lipinski definition) is 1. The SMILES string of the molecule is CC(C)Oc1ccc2cc(C(=O)NC[C@@H]3CCN(C)C3)c(=O)oc2c1. The Hall–Kier alpha value is -2.34. The summed E-state index contributed by atoms with van der Waals surface area (Å²) in [5.41, 5.74) is -0.177. The molecular weight excluding hydrogens is 320 g/mol. The molecule has 0 spiro atoms. The predicted molar refractivity (Wildman–Crippen MR) is 96.2 cm³/mol. The largest absolute Gasteiger partial charge is 0.491 e. The average molecular weight is 344 g/mol. The topological polar surface area (TPSA) is 71.8 Å². The van der Waals surface area contributed by atoms with E-state index in [9.17, 15) is 9.59 Å². The molecule has 0 unspecified atom stereocenters. The van der Waals surface area contributed by atoms with Gasteiger partial charge < -0.3 is 19.4 Å². The van der Waals surface area contributed by atoms with Crippen LogP contribution < -0.4 is 15.7 Å². The molecule has 1 aliphatic heterocycles. The number of likely N-dealkylation sites (tertiary alicyclic amines) is 1. The summed E-state index contributed by atoms with van der Waals surface area (Å²) in [5, 5.41) is 3.55. The van der Waals surface area contributed by atoms with Gasteiger partial charge in [-0.3, -0.25) is 4.79 Å². The predicted octanol–water partition coefficient (Wildman–Crippen LogP) is 2.26. The third-order valence-electron chi connectivity index (χ3n) is 4.36. The zero-order valence-electron chi connectivity index (χ0n) is 14.9. The fourth-order valence-electron chi connectivity index (χ4n) is 3.12. The second-order valence-electron chi connectivity index (χ2n) is 6.94. The molecule has 25 heavy (non-hydrogen) atoms. The van der Waals surface area contributed by atoms with Gasteiger partial charge >= 0.3 is 5.63 Å². The summed E-state index contributed by atoms with van der Waals surface area (Å²) in [6.07, 6.45) is 1.09. The highest BCUT2D eigenvalue weighted by Crippen LogP contribution is 2.21. The van der Waals surface area contributed by atoms with E-state index in [-0.39, 0.29) is 17.6 Å². The first-order chi connectivity index (χ1) is 11.9. The Morgan fingerprint density at radius 1 is 1.40 bits per heavy atom. The molecule has 1 aromatic heterocycles. The van der Waals surface area contributed by atoms with Crippen LogP contribution in [0.1, 0.15) is 30.6 Å². The van der Waals surface area contributed by atoms with Crippen molar-refractivity contribution in [2.24, 2.45) is 5.92 Å². The highest BCUT2D eigenvalue weighted by molar-refractivity contribution is 5.96. The van der Waals surface area contributed by atoms with E-state index < -0.39 is 5.63 Å². The maximum Gasteiger partial charge on any atom is 0.349 e. The van der Waals surface area contributed by atoms with E-state index in [4.69, 9.17) is 9.15 Å². The van der Waals surface area contributed by atoms with Gasteiger partial charge in [0.15, 0.2) is 0 Å². The van der Waals surface area contributed by atoms with E-state index in [0.29, 0.717) is 29.2 Å². The van der Waals surface area contributed by atoms with Gasteiger partial charge in [-0.05, 0) is 58.0 Å². The molecule has 1 atom stereocenters. The van der Waals surface area contributed by atoms with Gasteiger partial charge in [-0.2, -0.15) is 0 Å². The highest BCUT2D eigenvalue weighted by atomic mass is 16.5. The first-order valence-electron chi connectivity index (χ1n) is 8.63. The smallest absolute Gasteiger partial charge is 0.349 e. The van der Waals surface area contributed by atoms with Crippen LogP contribution in [-0.2, 0) is 0 Å². The molecule has 0 saturated carbocycles. The molecule has 1 saturated heterocycles. The standard InChI is InChI=1S/C19H24N2O4/c1-12(2)24-15-5-4-14-8-16(19(23)25-17(14)9-15)18(22)20-10-13-6-7-21(3)11-13/h4-5,8-9,12-13H,6-7,10-11H2,1-3H3,(H,20,22)/t13-/m0/s1. The summed E-state index contributed by atoms with van der Waals surface area (Å²) in [6.45, 7) is 6.43. The van der Waals surface area contributed by atoms with Crippen LogP contribution in [0, 0.1) is 5.92 Å². The second-order valence-corrected chi connectivity index (χ2v) is 6.94. The molecule has 1 fully saturated rings. The van der Waals surface area contributed by atoms with Crippen molar-refractivity contribution in [3.05, 3.63) is 40.2 Å². The van der Waals surface area contributed by atoms with Crippen LogP contribution in [0.15, 0.2) is 33.5 Å². The molecule has 0 aliphatic carbocycles. The van der Waals surface area contributed by atoms with E-state index in [1.165, 1.54) is 0 Å². The number of nitrogens with one attached hydrogen (secondary N) is 1. The lowest BCUT2D eigenvalue weighted by Gasteiger charge is -2.12. The number of carbonyl (C=O) groups excluding carboxylic acids is 1. The number of benzene rings is 1. The third-order valence-corrected chi connectivity index (χ3v) is 4.36. The molecular formula is C19H24N2O4. The molecule has 1 aliphatic rings. The lowest BCUT2D eigenvalue weighted by molar-refractivity contribution is 0.0944. The fourth-order valence-corrected chi connectivity index (χ4v) is 3.12. The van der Waals surface area contributed by atoms with Crippen LogP contribution in [-0.4, -0.2) is 43.6 Å². The molecule has 1 amide bonds. The van der Waals surface area contributed by atoms with Gasteiger partial charge in [-0.25, -0.2) is 4.79 Å². The van der Waals surface area contributed by atoms with Crippen molar-refractivity contribution in [1.29, 1.82) is 0 Å². The zero-order chi connectivity index (χ0) is 18.0. The Kier molecular flexibility index (Phi) is 5.08. The van der Waals surface area contributed by atoms with Crippen molar-refractivity contribution in [3.8, 4) is 5.75 Å². The van der Waals surface area contributed by atoms with Crippen LogP contribution in [0.3, 0.4) is 0 Å². The van der Waals surface area contributed by atoms with Gasteiger partial charge in [0, 0.05) is 24.5 Å². The van der Waals surface area contributed by atoms with Crippen LogP contribution in [0.5, 0.6) is 5.75 Å². The van der Waals surface area contributed by atoms with Gasteiger partial charge in [-0.15, -0.1) is 0 Å². The first kappa shape index (κ1) is 17.5. The van der Waals surface area contributed by atoms with E-state index >= 15 is 0 Å². The third kappa shape index (κ3) is 4.20.